The molecule has 1 N–H and O–H groups in total. The van der Waals surface area contributed by atoms with Gasteiger partial charge in [0.2, 0.25) is 11.8 Å². The molecule has 2 saturated carbocycles. The highest BCUT2D eigenvalue weighted by atomic mass is 16.2. The SMILES string of the molecule is O=C(NC1CCCC1)C1CCC(C(=O)N2CCc3ccccc3C2)CC1. The zero-order valence-electron chi connectivity index (χ0n) is 15.6. The third-order valence-corrected chi connectivity index (χ3v) is 6.59. The fourth-order valence-electron chi connectivity index (χ4n) is 4.93. The third kappa shape index (κ3) is 3.79. The van der Waals surface area contributed by atoms with Gasteiger partial charge in [-0.2, -0.15) is 0 Å². The van der Waals surface area contributed by atoms with Crippen LogP contribution in [0.5, 0.6) is 0 Å². The summed E-state index contributed by atoms with van der Waals surface area (Å²) in [7, 11) is 0. The van der Waals surface area contributed by atoms with E-state index in [1.165, 1.54) is 24.0 Å². The lowest BCUT2D eigenvalue weighted by Gasteiger charge is -2.34. The predicted octanol–water partition coefficient (Wildman–Crippen LogP) is 3.44. The van der Waals surface area contributed by atoms with Crippen molar-refractivity contribution in [2.45, 2.75) is 70.4 Å². The summed E-state index contributed by atoms with van der Waals surface area (Å²) in [5, 5.41) is 3.23. The minimum Gasteiger partial charge on any atom is -0.353 e. The van der Waals surface area contributed by atoms with Gasteiger partial charge in [0.1, 0.15) is 0 Å². The first-order valence-electron chi connectivity index (χ1n) is 10.4. The number of nitrogens with zero attached hydrogens (tertiary/aromatic N) is 1. The van der Waals surface area contributed by atoms with Gasteiger partial charge in [0.15, 0.2) is 0 Å². The van der Waals surface area contributed by atoms with Crippen molar-refractivity contribution in [3.63, 3.8) is 0 Å². The van der Waals surface area contributed by atoms with E-state index in [1.807, 2.05) is 4.90 Å². The van der Waals surface area contributed by atoms with Gasteiger partial charge in [-0.3, -0.25) is 9.59 Å². The Hall–Kier alpha value is -1.84. The molecule has 2 amide bonds. The van der Waals surface area contributed by atoms with Gasteiger partial charge < -0.3 is 10.2 Å². The van der Waals surface area contributed by atoms with Crippen molar-refractivity contribution in [1.82, 2.24) is 10.2 Å². The number of amides is 2. The highest BCUT2D eigenvalue weighted by Crippen LogP contribution is 2.32. The van der Waals surface area contributed by atoms with Crippen LogP contribution in [-0.2, 0) is 22.6 Å². The molecule has 0 saturated heterocycles. The first-order valence-corrected chi connectivity index (χ1v) is 10.4. The Labute approximate surface area is 156 Å². The maximum Gasteiger partial charge on any atom is 0.225 e. The van der Waals surface area contributed by atoms with Crippen LogP contribution in [0, 0.1) is 11.8 Å². The summed E-state index contributed by atoms with van der Waals surface area (Å²) in [5.74, 6) is 0.751. The van der Waals surface area contributed by atoms with Gasteiger partial charge in [0.05, 0.1) is 0 Å². The molecule has 0 unspecified atom stereocenters. The zero-order valence-corrected chi connectivity index (χ0v) is 15.6. The third-order valence-electron chi connectivity index (χ3n) is 6.59. The topological polar surface area (TPSA) is 49.4 Å². The van der Waals surface area contributed by atoms with E-state index in [9.17, 15) is 9.59 Å². The van der Waals surface area contributed by atoms with Crippen LogP contribution >= 0.6 is 0 Å². The van der Waals surface area contributed by atoms with E-state index in [-0.39, 0.29) is 17.7 Å². The molecular weight excluding hydrogens is 324 g/mol. The van der Waals surface area contributed by atoms with E-state index in [2.05, 4.69) is 29.6 Å². The van der Waals surface area contributed by atoms with Crippen LogP contribution in [0.15, 0.2) is 24.3 Å². The lowest BCUT2D eigenvalue weighted by Crippen LogP contribution is -2.43. The summed E-state index contributed by atoms with van der Waals surface area (Å²) >= 11 is 0. The van der Waals surface area contributed by atoms with Crippen LogP contribution in [0.3, 0.4) is 0 Å². The van der Waals surface area contributed by atoms with Crippen molar-refractivity contribution < 1.29 is 9.59 Å². The van der Waals surface area contributed by atoms with E-state index in [4.69, 9.17) is 0 Å². The lowest BCUT2D eigenvalue weighted by atomic mass is 9.80. The molecule has 2 aliphatic carbocycles. The van der Waals surface area contributed by atoms with Gasteiger partial charge >= 0.3 is 0 Å². The van der Waals surface area contributed by atoms with Crippen molar-refractivity contribution in [1.29, 1.82) is 0 Å². The largest absolute Gasteiger partial charge is 0.353 e. The summed E-state index contributed by atoms with van der Waals surface area (Å²) < 4.78 is 0. The first kappa shape index (κ1) is 17.6. The van der Waals surface area contributed by atoms with Gasteiger partial charge in [-0.25, -0.2) is 0 Å². The van der Waals surface area contributed by atoms with Crippen LogP contribution < -0.4 is 5.32 Å². The lowest BCUT2D eigenvalue weighted by molar-refractivity contribution is -0.139. The number of carbonyl (C=O) groups is 2. The van der Waals surface area contributed by atoms with Crippen molar-refractivity contribution in [2.75, 3.05) is 6.54 Å². The molecule has 0 atom stereocenters. The van der Waals surface area contributed by atoms with Gasteiger partial charge in [-0.05, 0) is 56.1 Å². The maximum absolute atomic E-state index is 12.9. The van der Waals surface area contributed by atoms with Gasteiger partial charge in [-0.15, -0.1) is 0 Å². The smallest absolute Gasteiger partial charge is 0.225 e. The van der Waals surface area contributed by atoms with E-state index in [1.54, 1.807) is 0 Å². The van der Waals surface area contributed by atoms with Crippen molar-refractivity contribution in [3.05, 3.63) is 35.4 Å². The molecule has 2 fully saturated rings. The molecule has 1 aromatic rings. The monoisotopic (exact) mass is 354 g/mol. The standard InChI is InChI=1S/C22H30N2O2/c25-21(23-20-7-3-4-8-20)17-9-11-18(12-10-17)22(26)24-14-13-16-5-1-2-6-19(16)15-24/h1-2,5-6,17-18,20H,3-4,7-15H2,(H,23,25). The fraction of sp³-hybridized carbons (Fsp3) is 0.636. The maximum atomic E-state index is 12.9. The van der Waals surface area contributed by atoms with Crippen molar-refractivity contribution in [3.8, 4) is 0 Å². The molecule has 0 aromatic heterocycles. The predicted molar refractivity (Wildman–Crippen MR) is 101 cm³/mol. The molecule has 140 valence electrons. The molecule has 1 aromatic carbocycles. The van der Waals surface area contributed by atoms with E-state index < -0.39 is 0 Å². The average molecular weight is 354 g/mol. The molecular formula is C22H30N2O2. The summed E-state index contributed by atoms with van der Waals surface area (Å²) in [4.78, 5) is 27.4. The Morgan fingerprint density at radius 1 is 0.885 bits per heavy atom. The summed E-state index contributed by atoms with van der Waals surface area (Å²) in [6.07, 6.45) is 9.15. The molecule has 0 bridgehead atoms. The second-order valence-electron chi connectivity index (χ2n) is 8.32. The molecule has 0 spiro atoms. The number of benzene rings is 1. The Bertz CT molecular complexity index is 658. The number of fused-ring (bicyclic) bond motifs is 1. The number of nitrogens with one attached hydrogen (secondary N) is 1. The van der Waals surface area contributed by atoms with E-state index in [0.717, 1.165) is 58.0 Å². The van der Waals surface area contributed by atoms with Crippen LogP contribution in [0.4, 0.5) is 0 Å². The molecule has 4 nitrogen and oxygen atoms in total. The highest BCUT2D eigenvalue weighted by molar-refractivity contribution is 5.81. The molecule has 4 rings (SSSR count). The first-order chi connectivity index (χ1) is 12.7. The summed E-state index contributed by atoms with van der Waals surface area (Å²) in [6.45, 7) is 1.58. The zero-order chi connectivity index (χ0) is 17.9. The molecule has 4 heteroatoms. The molecule has 26 heavy (non-hydrogen) atoms. The molecule has 1 heterocycles. The number of rotatable bonds is 3. The van der Waals surface area contributed by atoms with Crippen LogP contribution in [0.1, 0.15) is 62.5 Å². The minimum atomic E-state index is 0.107. The number of hydrogen-bond donors (Lipinski definition) is 1. The average Bonchev–Trinajstić information content (AvgIpc) is 3.20. The normalized spacial score (nSPS) is 26.4. The van der Waals surface area contributed by atoms with Gasteiger partial charge in [0.25, 0.3) is 0 Å². The molecule has 1 aliphatic heterocycles. The Morgan fingerprint density at radius 2 is 1.54 bits per heavy atom. The Kier molecular flexibility index (Phi) is 5.28. The highest BCUT2D eigenvalue weighted by Gasteiger charge is 2.33. The van der Waals surface area contributed by atoms with Gasteiger partial charge in [0, 0.05) is 31.0 Å². The van der Waals surface area contributed by atoms with Crippen LogP contribution in [0.25, 0.3) is 0 Å². The Balaban J connectivity index is 1.28. The molecule has 0 radical (unpaired) electrons. The minimum absolute atomic E-state index is 0.107. The number of carbonyl (C=O) groups excluding carboxylic acids is 2. The number of hydrogen-bond acceptors (Lipinski definition) is 2. The van der Waals surface area contributed by atoms with Gasteiger partial charge in [-0.1, -0.05) is 37.1 Å². The quantitative estimate of drug-likeness (QED) is 0.904. The fourth-order valence-corrected chi connectivity index (χ4v) is 4.93. The second-order valence-corrected chi connectivity index (χ2v) is 8.32. The summed E-state index contributed by atoms with van der Waals surface area (Å²) in [6, 6.07) is 8.84. The van der Waals surface area contributed by atoms with E-state index in [0.29, 0.717) is 11.9 Å². The van der Waals surface area contributed by atoms with Crippen LogP contribution in [0.2, 0.25) is 0 Å². The van der Waals surface area contributed by atoms with Crippen LogP contribution in [-0.4, -0.2) is 29.3 Å². The summed E-state index contributed by atoms with van der Waals surface area (Å²) in [5.41, 5.74) is 2.67. The van der Waals surface area contributed by atoms with Crippen molar-refractivity contribution in [2.24, 2.45) is 11.8 Å². The molecule has 3 aliphatic rings. The van der Waals surface area contributed by atoms with E-state index >= 15 is 0 Å². The second kappa shape index (κ2) is 7.81. The Morgan fingerprint density at radius 3 is 2.27 bits per heavy atom. The van der Waals surface area contributed by atoms with Crippen molar-refractivity contribution >= 4 is 11.8 Å².